The third kappa shape index (κ3) is 5.37. The van der Waals surface area contributed by atoms with E-state index in [0.717, 1.165) is 48.9 Å². The Morgan fingerprint density at radius 3 is 2.67 bits per heavy atom. The largest absolute Gasteiger partial charge is 0.335 e. The molecule has 0 spiro atoms. The molecule has 0 bridgehead atoms. The molecule has 8 heteroatoms. The zero-order chi connectivity index (χ0) is 20.9. The fourth-order valence-electron chi connectivity index (χ4n) is 3.64. The van der Waals surface area contributed by atoms with Crippen LogP contribution in [0.1, 0.15) is 24.2 Å². The molecule has 2 amide bonds. The number of piperidine rings is 1. The number of nitrogens with zero attached hydrogens (tertiary/aromatic N) is 3. The number of amides is 2. The van der Waals surface area contributed by atoms with Gasteiger partial charge in [-0.15, -0.1) is 0 Å². The van der Waals surface area contributed by atoms with Crippen LogP contribution >= 0.6 is 11.6 Å². The summed E-state index contributed by atoms with van der Waals surface area (Å²) < 4.78 is 0. The molecule has 7 nitrogen and oxygen atoms in total. The molecule has 2 aromatic carbocycles. The Bertz CT molecular complexity index is 995. The average molecular weight is 425 g/mol. The van der Waals surface area contributed by atoms with Gasteiger partial charge in [-0.3, -0.25) is 10.00 Å². The van der Waals surface area contributed by atoms with E-state index in [9.17, 15) is 4.79 Å². The highest BCUT2D eigenvalue weighted by atomic mass is 35.5. The number of hydrogen-bond acceptors (Lipinski definition) is 4. The summed E-state index contributed by atoms with van der Waals surface area (Å²) >= 11 is 5.95. The lowest BCUT2D eigenvalue weighted by Crippen LogP contribution is -2.45. The number of likely N-dealkylation sites (tertiary alicyclic amines) is 1. The molecule has 156 valence electrons. The van der Waals surface area contributed by atoms with Gasteiger partial charge in [-0.25, -0.2) is 9.78 Å². The van der Waals surface area contributed by atoms with Gasteiger partial charge in [0.2, 0.25) is 0 Å². The van der Waals surface area contributed by atoms with Crippen LogP contribution in [0, 0.1) is 6.92 Å². The van der Waals surface area contributed by atoms with Gasteiger partial charge in [0.15, 0.2) is 5.82 Å². The van der Waals surface area contributed by atoms with Crippen molar-refractivity contribution in [2.24, 2.45) is 0 Å². The zero-order valence-electron chi connectivity index (χ0n) is 16.9. The molecule has 0 radical (unpaired) electrons. The predicted octanol–water partition coefficient (Wildman–Crippen LogP) is 4.22. The summed E-state index contributed by atoms with van der Waals surface area (Å²) in [6, 6.07) is 15.5. The first kappa shape index (κ1) is 20.4. The Morgan fingerprint density at radius 2 is 1.97 bits per heavy atom. The number of anilines is 1. The summed E-state index contributed by atoms with van der Waals surface area (Å²) in [7, 11) is 0. The van der Waals surface area contributed by atoms with Crippen LogP contribution in [-0.4, -0.2) is 45.2 Å². The molecule has 1 fully saturated rings. The van der Waals surface area contributed by atoms with Gasteiger partial charge in [0.1, 0.15) is 5.82 Å². The van der Waals surface area contributed by atoms with Crippen molar-refractivity contribution in [3.8, 4) is 11.4 Å². The third-order valence-electron chi connectivity index (χ3n) is 5.22. The maximum absolute atomic E-state index is 12.5. The second kappa shape index (κ2) is 9.28. The Kier molecular flexibility index (Phi) is 6.30. The number of aryl methyl sites for hydroxylation is 1. The number of aromatic amines is 1. The number of H-pyrrole nitrogens is 1. The smallest absolute Gasteiger partial charge is 0.319 e. The first-order valence-corrected chi connectivity index (χ1v) is 10.5. The molecular weight excluding hydrogens is 400 g/mol. The molecule has 1 aromatic heterocycles. The summed E-state index contributed by atoms with van der Waals surface area (Å²) in [5.41, 5.74) is 2.82. The third-order valence-corrected chi connectivity index (χ3v) is 5.47. The Balaban J connectivity index is 1.25. The molecule has 3 aromatic rings. The predicted molar refractivity (Wildman–Crippen MR) is 118 cm³/mol. The number of urea groups is 1. The van der Waals surface area contributed by atoms with Crippen LogP contribution in [0.5, 0.6) is 0 Å². The molecule has 0 atom stereocenters. The standard InChI is InChI=1S/C22H25ClN6O/c1-15-24-21(28-27-15)17-3-2-4-20(13-17)26-22(30)25-19-9-11-29(12-10-19)14-16-5-7-18(23)8-6-16/h2-8,13,19H,9-12,14H2,1H3,(H,24,27,28)(H2,25,26,30). The molecule has 1 aliphatic rings. The lowest BCUT2D eigenvalue weighted by Gasteiger charge is -2.32. The van der Waals surface area contributed by atoms with Crippen LogP contribution in [0.25, 0.3) is 11.4 Å². The molecule has 1 aliphatic heterocycles. The number of nitrogens with one attached hydrogen (secondary N) is 3. The molecule has 0 unspecified atom stereocenters. The van der Waals surface area contributed by atoms with Crippen LogP contribution in [0.2, 0.25) is 5.02 Å². The van der Waals surface area contributed by atoms with Crippen molar-refractivity contribution in [3.05, 3.63) is 64.9 Å². The fourth-order valence-corrected chi connectivity index (χ4v) is 3.77. The van der Waals surface area contributed by atoms with Crippen LogP contribution in [-0.2, 0) is 6.54 Å². The minimum atomic E-state index is -0.186. The van der Waals surface area contributed by atoms with E-state index in [1.807, 2.05) is 43.3 Å². The second-order valence-corrected chi connectivity index (χ2v) is 8.04. The van der Waals surface area contributed by atoms with Crippen molar-refractivity contribution >= 4 is 23.3 Å². The van der Waals surface area contributed by atoms with E-state index in [1.54, 1.807) is 0 Å². The molecule has 0 aliphatic carbocycles. The van der Waals surface area contributed by atoms with Gasteiger partial charge in [-0.1, -0.05) is 35.9 Å². The summed E-state index contributed by atoms with van der Waals surface area (Å²) in [5, 5.41) is 13.8. The van der Waals surface area contributed by atoms with E-state index in [4.69, 9.17) is 11.6 Å². The molecule has 3 N–H and O–H groups in total. The molecule has 30 heavy (non-hydrogen) atoms. The van der Waals surface area contributed by atoms with Crippen LogP contribution < -0.4 is 10.6 Å². The molecular formula is C22H25ClN6O. The SMILES string of the molecule is Cc1nc(-c2cccc(NC(=O)NC3CCN(Cc4ccc(Cl)cc4)CC3)c2)n[nH]1. The Morgan fingerprint density at radius 1 is 1.20 bits per heavy atom. The van der Waals surface area contributed by atoms with E-state index < -0.39 is 0 Å². The first-order valence-electron chi connectivity index (χ1n) is 10.1. The summed E-state index contributed by atoms with van der Waals surface area (Å²) in [4.78, 5) is 19.2. The summed E-state index contributed by atoms with van der Waals surface area (Å²) in [5.74, 6) is 1.37. The van der Waals surface area contributed by atoms with Gasteiger partial charge in [0.25, 0.3) is 0 Å². The number of carbonyl (C=O) groups excluding carboxylic acids is 1. The fraction of sp³-hybridized carbons (Fsp3) is 0.318. The summed E-state index contributed by atoms with van der Waals surface area (Å²) in [6.07, 6.45) is 1.86. The number of rotatable bonds is 5. The normalized spacial score (nSPS) is 15.1. The van der Waals surface area contributed by atoms with Crippen molar-refractivity contribution in [1.29, 1.82) is 0 Å². The number of aromatic nitrogens is 3. The zero-order valence-corrected chi connectivity index (χ0v) is 17.6. The maximum Gasteiger partial charge on any atom is 0.319 e. The number of carbonyl (C=O) groups is 1. The van der Waals surface area contributed by atoms with Crippen LogP contribution in [0.4, 0.5) is 10.5 Å². The van der Waals surface area contributed by atoms with Gasteiger partial charge < -0.3 is 10.6 Å². The van der Waals surface area contributed by atoms with E-state index in [-0.39, 0.29) is 12.1 Å². The van der Waals surface area contributed by atoms with Crippen LogP contribution in [0.15, 0.2) is 48.5 Å². The highest BCUT2D eigenvalue weighted by Crippen LogP contribution is 2.20. The second-order valence-electron chi connectivity index (χ2n) is 7.60. The minimum Gasteiger partial charge on any atom is -0.335 e. The van der Waals surface area contributed by atoms with E-state index in [0.29, 0.717) is 11.5 Å². The van der Waals surface area contributed by atoms with Crippen molar-refractivity contribution < 1.29 is 4.79 Å². The quantitative estimate of drug-likeness (QED) is 0.572. The Hall–Kier alpha value is -2.90. The molecule has 1 saturated heterocycles. The van der Waals surface area contributed by atoms with Crippen molar-refractivity contribution in [2.75, 3.05) is 18.4 Å². The van der Waals surface area contributed by atoms with E-state index >= 15 is 0 Å². The molecule has 2 heterocycles. The highest BCUT2D eigenvalue weighted by Gasteiger charge is 2.21. The van der Waals surface area contributed by atoms with Gasteiger partial charge in [-0.05, 0) is 49.6 Å². The molecule has 0 saturated carbocycles. The lowest BCUT2D eigenvalue weighted by atomic mass is 10.0. The van der Waals surface area contributed by atoms with Gasteiger partial charge in [-0.2, -0.15) is 5.10 Å². The highest BCUT2D eigenvalue weighted by molar-refractivity contribution is 6.30. The number of halogens is 1. The summed E-state index contributed by atoms with van der Waals surface area (Å²) in [6.45, 7) is 4.66. The van der Waals surface area contributed by atoms with E-state index in [1.165, 1.54) is 5.56 Å². The van der Waals surface area contributed by atoms with Gasteiger partial charge in [0, 0.05) is 41.9 Å². The number of hydrogen-bond donors (Lipinski definition) is 3. The maximum atomic E-state index is 12.5. The number of benzene rings is 2. The van der Waals surface area contributed by atoms with Crippen molar-refractivity contribution in [3.63, 3.8) is 0 Å². The topological polar surface area (TPSA) is 85.9 Å². The lowest BCUT2D eigenvalue weighted by molar-refractivity contribution is 0.190. The first-order chi connectivity index (χ1) is 14.5. The minimum absolute atomic E-state index is 0.172. The van der Waals surface area contributed by atoms with Crippen molar-refractivity contribution in [1.82, 2.24) is 25.4 Å². The molecule has 4 rings (SSSR count). The van der Waals surface area contributed by atoms with Crippen molar-refractivity contribution in [2.45, 2.75) is 32.4 Å². The van der Waals surface area contributed by atoms with Crippen LogP contribution in [0.3, 0.4) is 0 Å². The monoisotopic (exact) mass is 424 g/mol. The Labute approximate surface area is 180 Å². The van der Waals surface area contributed by atoms with E-state index in [2.05, 4.69) is 42.8 Å². The average Bonchev–Trinajstić information content (AvgIpc) is 3.18. The van der Waals surface area contributed by atoms with Gasteiger partial charge in [0.05, 0.1) is 0 Å². The van der Waals surface area contributed by atoms with Gasteiger partial charge >= 0.3 is 6.03 Å².